The Balaban J connectivity index is 1.88. The maximum atomic E-state index is 9.58. The molecule has 17 heavy (non-hydrogen) atoms. The van der Waals surface area contributed by atoms with Crippen molar-refractivity contribution >= 4 is 12.6 Å². The van der Waals surface area contributed by atoms with Crippen LogP contribution in [0.25, 0.3) is 0 Å². The van der Waals surface area contributed by atoms with Crippen molar-refractivity contribution in [2.24, 2.45) is 0 Å². The van der Waals surface area contributed by atoms with E-state index in [1.165, 1.54) is 0 Å². The van der Waals surface area contributed by atoms with E-state index in [-0.39, 0.29) is 0 Å². The minimum atomic E-state index is -0.845. The van der Waals surface area contributed by atoms with E-state index in [4.69, 9.17) is 9.39 Å². The van der Waals surface area contributed by atoms with Gasteiger partial charge in [-0.05, 0) is 35.3 Å². The fraction of sp³-hybridized carbons (Fsp3) is 0.0833. The number of aromatic nitrogens is 1. The van der Waals surface area contributed by atoms with Gasteiger partial charge in [0.05, 0.1) is 12.8 Å². The summed E-state index contributed by atoms with van der Waals surface area (Å²) in [5.74, 6) is 1.34. The molecule has 3 rings (SSSR count). The second kappa shape index (κ2) is 4.20. The van der Waals surface area contributed by atoms with Crippen LogP contribution in [0, 0.1) is 0 Å². The van der Waals surface area contributed by atoms with Crippen LogP contribution in [0.2, 0.25) is 0 Å². The molecule has 1 aliphatic rings. The number of benzene rings is 1. The molecule has 5 heteroatoms. The van der Waals surface area contributed by atoms with Crippen LogP contribution >= 0.6 is 0 Å². The highest BCUT2D eigenvalue weighted by Crippen LogP contribution is 2.21. The first kappa shape index (κ1) is 10.3. The van der Waals surface area contributed by atoms with Gasteiger partial charge in [0.25, 0.3) is 0 Å². The summed E-state index contributed by atoms with van der Waals surface area (Å²) >= 11 is 0. The molecule has 4 nitrogen and oxygen atoms in total. The number of ether oxygens (including phenoxy) is 1. The van der Waals surface area contributed by atoms with E-state index < -0.39 is 7.12 Å². The van der Waals surface area contributed by atoms with Gasteiger partial charge in [-0.1, -0.05) is 6.07 Å². The van der Waals surface area contributed by atoms with Gasteiger partial charge in [-0.15, -0.1) is 0 Å². The Bertz CT molecular complexity index is 533. The van der Waals surface area contributed by atoms with Crippen LogP contribution in [0.15, 0.2) is 42.7 Å². The lowest BCUT2D eigenvalue weighted by atomic mass is 9.79. The van der Waals surface area contributed by atoms with E-state index in [2.05, 4.69) is 4.98 Å². The van der Waals surface area contributed by atoms with Gasteiger partial charge in [0.1, 0.15) is 11.5 Å². The predicted octanol–water partition coefficient (Wildman–Crippen LogP) is 1.09. The Kier molecular flexibility index (Phi) is 2.55. The number of rotatable bonds is 2. The standard InChI is InChI=1S/C12H10BNO3/c15-13-12-6-10(4-3-9(12)8-16-13)17-11-2-1-5-14-7-11/h1-7,15H,8H2. The van der Waals surface area contributed by atoms with E-state index in [0.717, 1.165) is 11.0 Å². The third kappa shape index (κ3) is 2.02. The summed E-state index contributed by atoms with van der Waals surface area (Å²) < 4.78 is 10.7. The minimum Gasteiger partial charge on any atom is -0.456 e. The van der Waals surface area contributed by atoms with Crippen molar-refractivity contribution < 1.29 is 14.4 Å². The van der Waals surface area contributed by atoms with Gasteiger partial charge < -0.3 is 14.4 Å². The third-order valence-electron chi connectivity index (χ3n) is 2.65. The third-order valence-corrected chi connectivity index (χ3v) is 2.65. The number of hydrogen-bond acceptors (Lipinski definition) is 4. The van der Waals surface area contributed by atoms with Crippen LogP contribution < -0.4 is 10.2 Å². The van der Waals surface area contributed by atoms with Crippen LogP contribution in [0.5, 0.6) is 11.5 Å². The fourth-order valence-electron chi connectivity index (χ4n) is 1.80. The van der Waals surface area contributed by atoms with E-state index in [0.29, 0.717) is 18.1 Å². The van der Waals surface area contributed by atoms with Crippen molar-refractivity contribution in [3.05, 3.63) is 48.3 Å². The van der Waals surface area contributed by atoms with Crippen LogP contribution in [0.4, 0.5) is 0 Å². The van der Waals surface area contributed by atoms with Crippen molar-refractivity contribution in [2.75, 3.05) is 0 Å². The SMILES string of the molecule is OB1OCc2ccc(Oc3cccnc3)cc21. The molecule has 0 unspecified atom stereocenters. The first-order valence-corrected chi connectivity index (χ1v) is 5.33. The maximum absolute atomic E-state index is 9.58. The van der Waals surface area contributed by atoms with Crippen molar-refractivity contribution in [2.45, 2.75) is 6.61 Å². The van der Waals surface area contributed by atoms with Gasteiger partial charge in [0.15, 0.2) is 0 Å². The lowest BCUT2D eigenvalue weighted by molar-refractivity contribution is 0.275. The molecule has 1 aliphatic heterocycles. The Morgan fingerprint density at radius 2 is 2.24 bits per heavy atom. The van der Waals surface area contributed by atoms with Gasteiger partial charge in [0, 0.05) is 6.20 Å². The van der Waals surface area contributed by atoms with E-state index in [1.807, 2.05) is 18.2 Å². The summed E-state index contributed by atoms with van der Waals surface area (Å²) in [6.07, 6.45) is 3.33. The summed E-state index contributed by atoms with van der Waals surface area (Å²) in [6, 6.07) is 9.18. The average molecular weight is 227 g/mol. The van der Waals surface area contributed by atoms with Crippen LogP contribution in [-0.2, 0) is 11.3 Å². The molecule has 2 heterocycles. The van der Waals surface area contributed by atoms with E-state index >= 15 is 0 Å². The highest BCUT2D eigenvalue weighted by Gasteiger charge is 2.27. The normalized spacial score (nSPS) is 13.6. The monoisotopic (exact) mass is 227 g/mol. The summed E-state index contributed by atoms with van der Waals surface area (Å²) in [4.78, 5) is 3.97. The summed E-state index contributed by atoms with van der Waals surface area (Å²) in [5.41, 5.74) is 1.77. The Morgan fingerprint density at radius 1 is 1.29 bits per heavy atom. The quantitative estimate of drug-likeness (QED) is 0.780. The number of pyridine rings is 1. The largest absolute Gasteiger partial charge is 0.491 e. The Morgan fingerprint density at radius 3 is 3.06 bits per heavy atom. The van der Waals surface area contributed by atoms with Gasteiger partial charge in [-0.25, -0.2) is 0 Å². The molecule has 1 aromatic carbocycles. The minimum absolute atomic E-state index is 0.448. The number of fused-ring (bicyclic) bond motifs is 1. The molecule has 1 N–H and O–H groups in total. The second-order valence-corrected chi connectivity index (χ2v) is 3.81. The van der Waals surface area contributed by atoms with Crippen molar-refractivity contribution in [3.8, 4) is 11.5 Å². The van der Waals surface area contributed by atoms with E-state index in [9.17, 15) is 5.02 Å². The maximum Gasteiger partial charge on any atom is 0.491 e. The van der Waals surface area contributed by atoms with Gasteiger partial charge in [0.2, 0.25) is 0 Å². The van der Waals surface area contributed by atoms with Crippen molar-refractivity contribution in [1.29, 1.82) is 0 Å². The van der Waals surface area contributed by atoms with Crippen LogP contribution in [-0.4, -0.2) is 17.1 Å². The van der Waals surface area contributed by atoms with Gasteiger partial charge in [-0.2, -0.15) is 0 Å². The Labute approximate surface area is 99.0 Å². The highest BCUT2D eigenvalue weighted by molar-refractivity contribution is 6.61. The summed E-state index contributed by atoms with van der Waals surface area (Å²) in [7, 11) is -0.845. The summed E-state index contributed by atoms with van der Waals surface area (Å²) in [6.45, 7) is 0.448. The zero-order chi connectivity index (χ0) is 11.7. The molecule has 0 saturated heterocycles. The zero-order valence-corrected chi connectivity index (χ0v) is 9.04. The number of hydrogen-bond donors (Lipinski definition) is 1. The van der Waals surface area contributed by atoms with Gasteiger partial charge in [-0.3, -0.25) is 4.98 Å². The molecule has 0 amide bonds. The average Bonchev–Trinajstić information content (AvgIpc) is 2.73. The first-order chi connectivity index (χ1) is 8.33. The molecule has 1 aromatic heterocycles. The molecular weight excluding hydrogens is 217 g/mol. The molecule has 0 aliphatic carbocycles. The van der Waals surface area contributed by atoms with Gasteiger partial charge >= 0.3 is 7.12 Å². The Hall–Kier alpha value is -1.85. The van der Waals surface area contributed by atoms with Crippen molar-refractivity contribution in [1.82, 2.24) is 4.98 Å². The molecule has 2 aromatic rings. The first-order valence-electron chi connectivity index (χ1n) is 5.33. The molecule has 0 spiro atoms. The smallest absolute Gasteiger partial charge is 0.456 e. The molecule has 0 bridgehead atoms. The van der Waals surface area contributed by atoms with Crippen LogP contribution in [0.1, 0.15) is 5.56 Å². The topological polar surface area (TPSA) is 51.6 Å². The predicted molar refractivity (Wildman–Crippen MR) is 63.1 cm³/mol. The molecular formula is C12H10BNO3. The molecule has 84 valence electrons. The fourth-order valence-corrected chi connectivity index (χ4v) is 1.80. The molecule has 0 saturated carbocycles. The van der Waals surface area contributed by atoms with Crippen LogP contribution in [0.3, 0.4) is 0 Å². The molecule has 0 radical (unpaired) electrons. The zero-order valence-electron chi connectivity index (χ0n) is 9.04. The number of nitrogens with zero attached hydrogens (tertiary/aromatic N) is 1. The van der Waals surface area contributed by atoms with Crippen molar-refractivity contribution in [3.63, 3.8) is 0 Å². The lowest BCUT2D eigenvalue weighted by Gasteiger charge is -2.06. The molecule has 0 fully saturated rings. The lowest BCUT2D eigenvalue weighted by Crippen LogP contribution is -2.27. The molecule has 0 atom stereocenters. The summed E-state index contributed by atoms with van der Waals surface area (Å²) in [5, 5.41) is 9.58. The second-order valence-electron chi connectivity index (χ2n) is 3.81. The highest BCUT2D eigenvalue weighted by atomic mass is 16.5. The van der Waals surface area contributed by atoms with E-state index in [1.54, 1.807) is 24.5 Å².